The number of allylic oxidation sites excluding steroid dienone is 1. The molecular weight excluding hydrogens is 673 g/mol. The smallest absolute Gasteiger partial charge is 0.249 e. The van der Waals surface area contributed by atoms with E-state index in [-0.39, 0.29) is 22.9 Å². The normalized spacial score (nSPS) is 14.0. The van der Waals surface area contributed by atoms with Crippen LogP contribution in [0.4, 0.5) is 0 Å². The predicted molar refractivity (Wildman–Crippen MR) is 188 cm³/mol. The number of ether oxygens (including phenoxy) is 2. The Hall–Kier alpha value is -3.36. The zero-order valence-electron chi connectivity index (χ0n) is 26.0. The molecule has 0 unspecified atom stereocenters. The number of nitrogens with zero attached hydrogens (tertiary/aromatic N) is 3. The van der Waals surface area contributed by atoms with Crippen molar-refractivity contribution in [1.29, 1.82) is 0 Å². The van der Waals surface area contributed by atoms with Crippen LogP contribution in [0.25, 0.3) is 5.57 Å². The molecule has 1 fully saturated rings. The van der Waals surface area contributed by atoms with Crippen molar-refractivity contribution in [3.8, 4) is 17.4 Å². The van der Waals surface area contributed by atoms with E-state index in [1.165, 1.54) is 11.1 Å². The highest BCUT2D eigenvalue weighted by Crippen LogP contribution is 2.36. The molecule has 45 heavy (non-hydrogen) atoms. The zero-order valence-corrected chi connectivity index (χ0v) is 29.2. The SMILES string of the molecule is Br.C/C(C(=O)N1CCN(Cc2ccc(Cl)cc2)CC1)=C(\C)c1cc(C)c(Oc2ccc(OCc3ccc(C)cc3)cn2)c(Cl)c1. The number of benzene rings is 3. The first-order valence-electron chi connectivity index (χ1n) is 14.7. The van der Waals surface area contributed by atoms with Gasteiger partial charge in [0.05, 0.1) is 11.2 Å². The second-order valence-corrected chi connectivity index (χ2v) is 12.1. The van der Waals surface area contributed by atoms with E-state index < -0.39 is 0 Å². The zero-order chi connectivity index (χ0) is 31.2. The molecule has 2 heterocycles. The molecule has 1 aliphatic rings. The standard InChI is InChI=1S/C36H37Cl2N3O3.BrH/c1-24-5-7-29(8-6-24)23-43-32-13-14-34(39-21-32)44-35-25(2)19-30(20-33(35)38)26(3)27(4)36(42)41-17-15-40(16-18-41)22-28-9-11-31(37)12-10-28;/h5-14,19-21H,15-18,22-23H2,1-4H3;1H/b27-26-;. The van der Waals surface area contributed by atoms with E-state index in [1.54, 1.807) is 12.3 Å². The average Bonchev–Trinajstić information content (AvgIpc) is 3.03. The number of aromatic nitrogens is 1. The third kappa shape index (κ3) is 9.10. The summed E-state index contributed by atoms with van der Waals surface area (Å²) in [5.74, 6) is 1.65. The van der Waals surface area contributed by atoms with Gasteiger partial charge in [0.1, 0.15) is 12.4 Å². The Morgan fingerprint density at radius 3 is 2.16 bits per heavy atom. The fourth-order valence-electron chi connectivity index (χ4n) is 5.12. The van der Waals surface area contributed by atoms with Crippen molar-refractivity contribution in [2.45, 2.75) is 40.8 Å². The van der Waals surface area contributed by atoms with Crippen LogP contribution in [0.15, 0.2) is 84.6 Å². The fourth-order valence-corrected chi connectivity index (χ4v) is 5.55. The van der Waals surface area contributed by atoms with Crippen LogP contribution < -0.4 is 9.47 Å². The van der Waals surface area contributed by atoms with Gasteiger partial charge in [-0.25, -0.2) is 4.98 Å². The number of pyridine rings is 1. The molecule has 5 rings (SSSR count). The Labute approximate surface area is 286 Å². The summed E-state index contributed by atoms with van der Waals surface area (Å²) in [6, 6.07) is 23.6. The van der Waals surface area contributed by atoms with E-state index in [4.69, 9.17) is 32.7 Å². The van der Waals surface area contributed by atoms with Gasteiger partial charge in [0, 0.05) is 49.4 Å². The highest BCUT2D eigenvalue weighted by atomic mass is 79.9. The van der Waals surface area contributed by atoms with Crippen LogP contribution in [0.3, 0.4) is 0 Å². The number of hydrogen-bond acceptors (Lipinski definition) is 5. The molecule has 236 valence electrons. The third-order valence-electron chi connectivity index (χ3n) is 7.97. The molecule has 0 bridgehead atoms. The van der Waals surface area contributed by atoms with Gasteiger partial charge in [-0.05, 0) is 85.9 Å². The van der Waals surface area contributed by atoms with Crippen LogP contribution in [0.2, 0.25) is 10.0 Å². The molecule has 0 radical (unpaired) electrons. The van der Waals surface area contributed by atoms with Gasteiger partial charge >= 0.3 is 0 Å². The number of amides is 1. The maximum atomic E-state index is 13.4. The molecule has 1 saturated heterocycles. The minimum absolute atomic E-state index is 0. The van der Waals surface area contributed by atoms with Crippen molar-refractivity contribution in [2.24, 2.45) is 0 Å². The molecule has 3 aromatic carbocycles. The van der Waals surface area contributed by atoms with Crippen molar-refractivity contribution in [2.75, 3.05) is 26.2 Å². The number of rotatable bonds is 9. The summed E-state index contributed by atoms with van der Waals surface area (Å²) in [4.78, 5) is 22.1. The summed E-state index contributed by atoms with van der Waals surface area (Å²) >= 11 is 12.7. The van der Waals surface area contributed by atoms with E-state index in [2.05, 4.69) is 53.2 Å². The van der Waals surface area contributed by atoms with E-state index in [9.17, 15) is 4.79 Å². The van der Waals surface area contributed by atoms with E-state index in [0.29, 0.717) is 47.7 Å². The molecule has 9 heteroatoms. The van der Waals surface area contributed by atoms with Crippen molar-refractivity contribution >= 4 is 51.7 Å². The largest absolute Gasteiger partial charge is 0.487 e. The Bertz CT molecular complexity index is 1610. The third-order valence-corrected chi connectivity index (χ3v) is 8.50. The lowest BCUT2D eigenvalue weighted by Gasteiger charge is -2.35. The van der Waals surface area contributed by atoms with Crippen LogP contribution >= 0.6 is 40.2 Å². The number of carbonyl (C=O) groups excluding carboxylic acids is 1. The second-order valence-electron chi connectivity index (χ2n) is 11.3. The van der Waals surface area contributed by atoms with E-state index in [1.807, 2.05) is 56.0 Å². The summed E-state index contributed by atoms with van der Waals surface area (Å²) < 4.78 is 11.9. The molecule has 0 saturated carbocycles. The van der Waals surface area contributed by atoms with Crippen LogP contribution in [-0.2, 0) is 17.9 Å². The van der Waals surface area contributed by atoms with Crippen LogP contribution in [0.1, 0.15) is 41.7 Å². The highest BCUT2D eigenvalue weighted by Gasteiger charge is 2.23. The van der Waals surface area contributed by atoms with Crippen LogP contribution in [0, 0.1) is 13.8 Å². The topological polar surface area (TPSA) is 54.9 Å². The van der Waals surface area contributed by atoms with Crippen LogP contribution in [0.5, 0.6) is 17.4 Å². The van der Waals surface area contributed by atoms with Crippen molar-refractivity contribution < 1.29 is 14.3 Å². The van der Waals surface area contributed by atoms with Crippen LogP contribution in [-0.4, -0.2) is 46.9 Å². The molecule has 0 atom stereocenters. The lowest BCUT2D eigenvalue weighted by Crippen LogP contribution is -2.48. The predicted octanol–water partition coefficient (Wildman–Crippen LogP) is 9.09. The summed E-state index contributed by atoms with van der Waals surface area (Å²) in [7, 11) is 0. The van der Waals surface area contributed by atoms with Crippen molar-refractivity contribution in [1.82, 2.24) is 14.8 Å². The van der Waals surface area contributed by atoms with Gasteiger partial charge in [0.25, 0.3) is 0 Å². The summed E-state index contributed by atoms with van der Waals surface area (Å²) in [6.45, 7) is 12.2. The molecule has 0 N–H and O–H groups in total. The van der Waals surface area contributed by atoms with Gasteiger partial charge in [-0.2, -0.15) is 0 Å². The average molecular weight is 712 g/mol. The molecule has 4 aromatic rings. The van der Waals surface area contributed by atoms with Gasteiger partial charge in [0.2, 0.25) is 11.8 Å². The van der Waals surface area contributed by atoms with E-state index in [0.717, 1.165) is 46.9 Å². The molecule has 1 aromatic heterocycles. The molecule has 0 spiro atoms. The first-order valence-corrected chi connectivity index (χ1v) is 15.5. The maximum Gasteiger partial charge on any atom is 0.249 e. The van der Waals surface area contributed by atoms with Crippen molar-refractivity contribution in [3.63, 3.8) is 0 Å². The molecule has 6 nitrogen and oxygen atoms in total. The lowest BCUT2D eigenvalue weighted by molar-refractivity contribution is -0.128. The number of carbonyl (C=O) groups is 1. The Balaban J connectivity index is 0.00000461. The van der Waals surface area contributed by atoms with Crippen molar-refractivity contribution in [3.05, 3.63) is 122 Å². The van der Waals surface area contributed by atoms with Gasteiger partial charge < -0.3 is 14.4 Å². The quantitative estimate of drug-likeness (QED) is 0.162. The molecular formula is C36H38BrCl2N3O3. The summed E-state index contributed by atoms with van der Waals surface area (Å²) in [5.41, 5.74) is 6.87. The Kier molecular flexibility index (Phi) is 12.1. The van der Waals surface area contributed by atoms with E-state index >= 15 is 0 Å². The van der Waals surface area contributed by atoms with Gasteiger partial charge in [-0.15, -0.1) is 17.0 Å². The number of aryl methyl sites for hydroxylation is 2. The monoisotopic (exact) mass is 709 g/mol. The maximum absolute atomic E-state index is 13.4. The summed E-state index contributed by atoms with van der Waals surface area (Å²) in [6.07, 6.45) is 1.64. The van der Waals surface area contributed by atoms with Gasteiger partial charge in [0.15, 0.2) is 5.75 Å². The minimum atomic E-state index is 0. The van der Waals surface area contributed by atoms with Gasteiger partial charge in [-0.3, -0.25) is 9.69 Å². The summed E-state index contributed by atoms with van der Waals surface area (Å²) in [5, 5.41) is 1.19. The van der Waals surface area contributed by atoms with Gasteiger partial charge in [-0.1, -0.05) is 65.2 Å². The molecule has 1 amide bonds. The first kappa shape index (κ1) is 34.5. The second kappa shape index (κ2) is 15.8. The number of halogens is 3. The number of piperazine rings is 1. The first-order chi connectivity index (χ1) is 21.2. The Morgan fingerprint density at radius 1 is 0.867 bits per heavy atom. The molecule has 1 aliphatic heterocycles. The fraction of sp³-hybridized carbons (Fsp3) is 0.278. The minimum Gasteiger partial charge on any atom is -0.487 e. The Morgan fingerprint density at radius 2 is 1.53 bits per heavy atom. The molecule has 0 aliphatic carbocycles. The highest BCUT2D eigenvalue weighted by molar-refractivity contribution is 8.93. The lowest BCUT2D eigenvalue weighted by atomic mass is 9.99. The number of hydrogen-bond donors (Lipinski definition) is 0.